The third-order valence-corrected chi connectivity index (χ3v) is 3.75. The van der Waals surface area contributed by atoms with Gasteiger partial charge in [0.05, 0.1) is 11.8 Å². The summed E-state index contributed by atoms with van der Waals surface area (Å²) in [7, 11) is 0. The van der Waals surface area contributed by atoms with Crippen molar-refractivity contribution in [1.82, 2.24) is 4.98 Å². The van der Waals surface area contributed by atoms with E-state index in [1.54, 1.807) is 0 Å². The lowest BCUT2D eigenvalue weighted by Crippen LogP contribution is -3.34. The molecule has 0 fully saturated rings. The number of aromatic nitrogens is 1. The smallest absolute Gasteiger partial charge is 0.297 e. The van der Waals surface area contributed by atoms with Crippen LogP contribution in [0.1, 0.15) is 42.3 Å². The van der Waals surface area contributed by atoms with Crippen LogP contribution in [-0.4, -0.2) is 10.1 Å². The first-order valence-corrected chi connectivity index (χ1v) is 6.20. The maximum absolute atomic E-state index is 9.93. The van der Waals surface area contributed by atoms with Crippen molar-refractivity contribution in [2.75, 3.05) is 0 Å². The van der Waals surface area contributed by atoms with E-state index in [1.165, 1.54) is 15.6 Å². The fourth-order valence-corrected chi connectivity index (χ4v) is 3.07. The van der Waals surface area contributed by atoms with Gasteiger partial charge in [-0.2, -0.15) is 0 Å². The van der Waals surface area contributed by atoms with Gasteiger partial charge in [0.15, 0.2) is 3.57 Å². The van der Waals surface area contributed by atoms with Crippen molar-refractivity contribution in [3.63, 3.8) is 0 Å². The van der Waals surface area contributed by atoms with Crippen molar-refractivity contribution in [3.05, 3.63) is 26.6 Å². The number of nitrogens with zero attached hydrogens (tertiary/aromatic N) is 1. The predicted octanol–water partition coefficient (Wildman–Crippen LogP) is -1.39. The number of pyridine rings is 1. The molecule has 1 aliphatic carbocycles. The summed E-state index contributed by atoms with van der Waals surface area (Å²) in [6, 6.07) is 2.11. The Hall–Kier alpha value is -0.160. The number of aliphatic hydroxyl groups excluding tert-OH is 1. The predicted molar refractivity (Wildman–Crippen MR) is 51.6 cm³/mol. The maximum Gasteiger partial charge on any atom is 0.297 e. The van der Waals surface area contributed by atoms with Crippen LogP contribution >= 0.6 is 0 Å². The molecule has 0 radical (unpaired) electrons. The fourth-order valence-electron chi connectivity index (χ4n) is 2.00. The SMILES string of the molecule is Cc1cc([IH+])c2c(n1)C(O)CCCC2. The topological polar surface area (TPSA) is 33.1 Å². The van der Waals surface area contributed by atoms with Gasteiger partial charge in [-0.15, -0.1) is 0 Å². The summed E-state index contributed by atoms with van der Waals surface area (Å²) in [6.45, 7) is 1.99. The van der Waals surface area contributed by atoms with E-state index in [2.05, 4.69) is 11.1 Å². The Balaban J connectivity index is 2.53. The Morgan fingerprint density at radius 3 is 3.07 bits per heavy atom. The Bertz CT molecular complexity index is 351. The van der Waals surface area contributed by atoms with E-state index < -0.39 is 0 Å². The van der Waals surface area contributed by atoms with Gasteiger partial charge < -0.3 is 5.11 Å². The first-order chi connectivity index (χ1) is 6.68. The third kappa shape index (κ3) is 1.93. The highest BCUT2D eigenvalue weighted by molar-refractivity contribution is 5.25. The molecule has 0 aromatic carbocycles. The quantitative estimate of drug-likeness (QED) is 0.473. The molecule has 76 valence electrons. The third-order valence-electron chi connectivity index (χ3n) is 2.71. The highest BCUT2D eigenvalue weighted by atomic mass is 127. The van der Waals surface area contributed by atoms with Gasteiger partial charge in [-0.05, 0) is 26.2 Å². The van der Waals surface area contributed by atoms with Gasteiger partial charge in [0, 0.05) is 17.3 Å². The zero-order valence-electron chi connectivity index (χ0n) is 8.29. The van der Waals surface area contributed by atoms with E-state index in [9.17, 15) is 5.11 Å². The minimum absolute atomic E-state index is 0.340. The van der Waals surface area contributed by atoms with Crippen LogP contribution in [-0.2, 0) is 6.42 Å². The second-order valence-corrected chi connectivity index (χ2v) is 5.14. The summed E-state index contributed by atoms with van der Waals surface area (Å²) < 4.78 is 1.30. The molecule has 3 heteroatoms. The number of fused-ring (bicyclic) bond motifs is 1. The minimum Gasteiger partial charge on any atom is -0.387 e. The molecule has 0 amide bonds. The summed E-state index contributed by atoms with van der Waals surface area (Å²) in [5.74, 6) is 0. The van der Waals surface area contributed by atoms with E-state index in [-0.39, 0.29) is 6.10 Å². The lowest BCUT2D eigenvalue weighted by Gasteiger charge is -2.10. The zero-order valence-corrected chi connectivity index (χ0v) is 10.6. The van der Waals surface area contributed by atoms with E-state index >= 15 is 0 Å². The van der Waals surface area contributed by atoms with Crippen molar-refractivity contribution in [2.24, 2.45) is 0 Å². The molecule has 0 aliphatic heterocycles. The molecule has 0 bridgehead atoms. The molecule has 0 saturated heterocycles. The van der Waals surface area contributed by atoms with Gasteiger partial charge in [0.1, 0.15) is 0 Å². The van der Waals surface area contributed by atoms with Crippen LogP contribution in [0, 0.1) is 10.5 Å². The molecular weight excluding hydrogens is 289 g/mol. The first-order valence-electron chi connectivity index (χ1n) is 5.04. The summed E-state index contributed by atoms with van der Waals surface area (Å²) in [6.07, 6.45) is 3.89. The van der Waals surface area contributed by atoms with E-state index in [0.717, 1.165) is 30.7 Å². The summed E-state index contributed by atoms with van der Waals surface area (Å²) >= 11 is 2.04. The Labute approximate surface area is 97.9 Å². The minimum atomic E-state index is -0.340. The van der Waals surface area contributed by atoms with E-state index in [0.29, 0.717) is 0 Å². The molecule has 0 saturated carbocycles. The van der Waals surface area contributed by atoms with Gasteiger partial charge in [0.2, 0.25) is 0 Å². The van der Waals surface area contributed by atoms with Crippen molar-refractivity contribution in [1.29, 1.82) is 0 Å². The lowest BCUT2D eigenvalue weighted by atomic mass is 10.1. The van der Waals surface area contributed by atoms with Crippen LogP contribution in [0.3, 0.4) is 0 Å². The fraction of sp³-hybridized carbons (Fsp3) is 0.545. The second-order valence-electron chi connectivity index (χ2n) is 3.89. The Kier molecular flexibility index (Phi) is 3.07. The molecule has 2 nitrogen and oxygen atoms in total. The van der Waals surface area contributed by atoms with Crippen LogP contribution in [0.25, 0.3) is 0 Å². The molecule has 1 N–H and O–H groups in total. The molecule has 1 aromatic rings. The number of rotatable bonds is 0. The van der Waals surface area contributed by atoms with Crippen molar-refractivity contribution in [3.8, 4) is 0 Å². The average molecular weight is 304 g/mol. The van der Waals surface area contributed by atoms with Crippen molar-refractivity contribution in [2.45, 2.75) is 38.7 Å². The van der Waals surface area contributed by atoms with Crippen LogP contribution in [0.4, 0.5) is 0 Å². The summed E-state index contributed by atoms with van der Waals surface area (Å²) in [5.41, 5.74) is 3.23. The maximum atomic E-state index is 9.93. The van der Waals surface area contributed by atoms with E-state index in [4.69, 9.17) is 0 Å². The van der Waals surface area contributed by atoms with E-state index in [1.807, 2.05) is 29.5 Å². The van der Waals surface area contributed by atoms with Gasteiger partial charge in [-0.25, -0.2) is 0 Å². The summed E-state index contributed by atoms with van der Waals surface area (Å²) in [4.78, 5) is 4.47. The van der Waals surface area contributed by atoms with Crippen LogP contribution in [0.5, 0.6) is 0 Å². The molecule has 1 unspecified atom stereocenters. The molecule has 1 aromatic heterocycles. The molecule has 1 atom stereocenters. The highest BCUT2D eigenvalue weighted by Crippen LogP contribution is 2.26. The molecular formula is C11H15INO+. The molecule has 0 spiro atoms. The Morgan fingerprint density at radius 1 is 1.50 bits per heavy atom. The van der Waals surface area contributed by atoms with Crippen molar-refractivity contribution >= 4 is 0 Å². The second kappa shape index (κ2) is 4.14. The number of aliphatic hydroxyl groups is 1. The van der Waals surface area contributed by atoms with Crippen molar-refractivity contribution < 1.29 is 27.7 Å². The first kappa shape index (κ1) is 10.4. The van der Waals surface area contributed by atoms with Crippen LogP contribution in [0.15, 0.2) is 6.07 Å². The number of hydrogen-bond acceptors (Lipinski definition) is 2. The zero-order chi connectivity index (χ0) is 10.1. The van der Waals surface area contributed by atoms with Gasteiger partial charge in [0.25, 0.3) is 22.6 Å². The largest absolute Gasteiger partial charge is 0.387 e. The van der Waals surface area contributed by atoms with Crippen LogP contribution < -0.4 is 22.6 Å². The lowest BCUT2D eigenvalue weighted by molar-refractivity contribution is -0.330. The molecule has 2 rings (SSSR count). The molecule has 1 heterocycles. The molecule has 14 heavy (non-hydrogen) atoms. The van der Waals surface area contributed by atoms with Gasteiger partial charge in [-0.3, -0.25) is 4.98 Å². The molecule has 1 aliphatic rings. The monoisotopic (exact) mass is 304 g/mol. The summed E-state index contributed by atoms with van der Waals surface area (Å²) in [5, 5.41) is 9.93. The average Bonchev–Trinajstić information content (AvgIpc) is 2.29. The normalized spacial score (nSPS) is 21.5. The number of hydrogen-bond donors (Lipinski definition) is 1. The Morgan fingerprint density at radius 2 is 2.29 bits per heavy atom. The van der Waals surface area contributed by atoms with Crippen LogP contribution in [0.2, 0.25) is 0 Å². The van der Waals surface area contributed by atoms with Gasteiger partial charge >= 0.3 is 0 Å². The van der Waals surface area contributed by atoms with Gasteiger partial charge in [-0.1, -0.05) is 6.42 Å². The highest BCUT2D eigenvalue weighted by Gasteiger charge is 2.22. The number of halogens is 1. The standard InChI is InChI=1S/C11H15INO/c1-7-6-9(12)8-4-2-3-5-10(14)11(8)13-7/h6,10,12,14H,2-5H2,1H3/q+1. The number of aryl methyl sites for hydroxylation is 1.